The molecule has 2 rings (SSSR count). The lowest BCUT2D eigenvalue weighted by atomic mass is 9.98. The third kappa shape index (κ3) is 2.44. The van der Waals surface area contributed by atoms with Crippen molar-refractivity contribution in [2.24, 2.45) is 0 Å². The summed E-state index contributed by atoms with van der Waals surface area (Å²) in [6.45, 7) is 6.62. The fourth-order valence-electron chi connectivity index (χ4n) is 2.62. The number of aromatic nitrogens is 1. The van der Waals surface area contributed by atoms with Gasteiger partial charge in [0.1, 0.15) is 11.9 Å². The van der Waals surface area contributed by atoms with Gasteiger partial charge in [-0.05, 0) is 25.5 Å². The number of phenols is 1. The Kier molecular flexibility index (Phi) is 4.16. The molecule has 0 saturated carbocycles. The number of aliphatic hydroxyl groups is 1. The van der Waals surface area contributed by atoms with Gasteiger partial charge in [-0.3, -0.25) is 0 Å². The van der Waals surface area contributed by atoms with Crippen LogP contribution >= 0.6 is 0 Å². The Balaban J connectivity index is 2.85. The minimum absolute atomic E-state index is 0.110. The number of fused-ring (bicyclic) bond motifs is 1. The number of aliphatic hydroxyl groups excluding tert-OH is 1. The van der Waals surface area contributed by atoms with Crippen molar-refractivity contribution in [1.82, 2.24) is 4.57 Å². The Morgan fingerprint density at radius 3 is 2.43 bits per heavy atom. The van der Waals surface area contributed by atoms with E-state index < -0.39 is 18.2 Å². The van der Waals surface area contributed by atoms with E-state index in [-0.39, 0.29) is 33.5 Å². The molecule has 7 nitrogen and oxygen atoms in total. The van der Waals surface area contributed by atoms with Crippen molar-refractivity contribution in [3.63, 3.8) is 0 Å². The van der Waals surface area contributed by atoms with E-state index in [4.69, 9.17) is 0 Å². The molecule has 3 N–H and O–H groups in total. The normalized spacial score (nSPS) is 12.2. The second-order valence-corrected chi connectivity index (χ2v) is 5.16. The summed E-state index contributed by atoms with van der Waals surface area (Å²) in [4.78, 5) is 23.1. The summed E-state index contributed by atoms with van der Waals surface area (Å²) in [7, 11) is 1.15. The van der Waals surface area contributed by atoms with Crippen molar-refractivity contribution < 1.29 is 29.6 Å². The highest BCUT2D eigenvalue weighted by atomic mass is 16.5. The number of rotatable bonds is 3. The zero-order valence-electron chi connectivity index (χ0n) is 13.0. The summed E-state index contributed by atoms with van der Waals surface area (Å²) in [6.07, 6.45) is -2.77. The van der Waals surface area contributed by atoms with Crippen LogP contribution in [0.3, 0.4) is 0 Å². The fourth-order valence-corrected chi connectivity index (χ4v) is 2.62. The van der Waals surface area contributed by atoms with Gasteiger partial charge in [0.05, 0.1) is 18.2 Å². The molecule has 1 atom stereocenters. The topological polar surface area (TPSA) is 109 Å². The minimum Gasteiger partial charge on any atom is -0.507 e. The molecule has 0 spiro atoms. The summed E-state index contributed by atoms with van der Waals surface area (Å²) < 4.78 is 5.47. The molecule has 1 heterocycles. The smallest absolute Gasteiger partial charge is 0.416 e. The molecular formula is C16H17NO6. The van der Waals surface area contributed by atoms with E-state index >= 15 is 0 Å². The predicted molar refractivity (Wildman–Crippen MR) is 82.6 cm³/mol. The minimum atomic E-state index is -1.50. The Bertz CT molecular complexity index is 833. The standard InChI is InChI=1S/C16H17NO6/c1-7-5-6-10-12(13(7)18)11(9(3)17(10)16(21)22)14(19)8(2)15(20)23-4/h5-6,14,18-19H,2H2,1,3-4H3,(H,21,22). The van der Waals surface area contributed by atoms with Crippen LogP contribution in [0, 0.1) is 13.8 Å². The van der Waals surface area contributed by atoms with Gasteiger partial charge >= 0.3 is 12.1 Å². The van der Waals surface area contributed by atoms with Crippen LogP contribution in [0.4, 0.5) is 4.79 Å². The lowest BCUT2D eigenvalue weighted by molar-refractivity contribution is -0.137. The van der Waals surface area contributed by atoms with E-state index in [0.717, 1.165) is 11.7 Å². The molecule has 23 heavy (non-hydrogen) atoms. The molecule has 0 aliphatic carbocycles. The third-order valence-electron chi connectivity index (χ3n) is 3.84. The number of hydrogen-bond donors (Lipinski definition) is 3. The van der Waals surface area contributed by atoms with Crippen molar-refractivity contribution in [2.45, 2.75) is 20.0 Å². The van der Waals surface area contributed by atoms with Gasteiger partial charge in [-0.25, -0.2) is 14.2 Å². The third-order valence-corrected chi connectivity index (χ3v) is 3.84. The molecule has 0 aliphatic heterocycles. The van der Waals surface area contributed by atoms with Crippen LogP contribution in [0.1, 0.15) is 22.9 Å². The highest BCUT2D eigenvalue weighted by molar-refractivity contribution is 5.99. The van der Waals surface area contributed by atoms with Crippen molar-refractivity contribution >= 4 is 23.0 Å². The van der Waals surface area contributed by atoms with Gasteiger partial charge in [-0.15, -0.1) is 0 Å². The molecule has 1 aromatic carbocycles. The first kappa shape index (κ1) is 16.6. The van der Waals surface area contributed by atoms with Gasteiger partial charge < -0.3 is 20.1 Å². The molecule has 0 aliphatic rings. The van der Waals surface area contributed by atoms with Crippen molar-refractivity contribution in [1.29, 1.82) is 0 Å². The molecule has 0 bridgehead atoms. The van der Waals surface area contributed by atoms with Crippen LogP contribution in [0.25, 0.3) is 10.9 Å². The summed E-state index contributed by atoms with van der Waals surface area (Å²) >= 11 is 0. The Labute approximate surface area is 132 Å². The summed E-state index contributed by atoms with van der Waals surface area (Å²) in [6, 6.07) is 3.10. The van der Waals surface area contributed by atoms with Gasteiger partial charge in [0.2, 0.25) is 0 Å². The second-order valence-electron chi connectivity index (χ2n) is 5.16. The van der Waals surface area contributed by atoms with Crippen molar-refractivity contribution in [2.75, 3.05) is 7.11 Å². The molecule has 1 aromatic heterocycles. The van der Waals surface area contributed by atoms with E-state index in [1.54, 1.807) is 13.0 Å². The number of phenolic OH excluding ortho intramolecular Hbond substituents is 1. The van der Waals surface area contributed by atoms with Crippen LogP contribution in [0.5, 0.6) is 5.75 Å². The van der Waals surface area contributed by atoms with Gasteiger partial charge in [-0.2, -0.15) is 0 Å². The number of nitrogens with zero attached hydrogens (tertiary/aromatic N) is 1. The van der Waals surface area contributed by atoms with Crippen LogP contribution < -0.4 is 0 Å². The van der Waals surface area contributed by atoms with Crippen LogP contribution in [-0.2, 0) is 9.53 Å². The first-order valence-electron chi connectivity index (χ1n) is 6.74. The highest BCUT2D eigenvalue weighted by Crippen LogP contribution is 2.40. The lowest BCUT2D eigenvalue weighted by Crippen LogP contribution is -2.14. The zero-order valence-corrected chi connectivity index (χ0v) is 13.0. The van der Waals surface area contributed by atoms with Crippen LogP contribution in [0.2, 0.25) is 0 Å². The highest BCUT2D eigenvalue weighted by Gasteiger charge is 2.29. The average molecular weight is 319 g/mol. The lowest BCUT2D eigenvalue weighted by Gasteiger charge is -2.13. The molecule has 122 valence electrons. The number of carboxylic acid groups (broad SMARTS) is 1. The van der Waals surface area contributed by atoms with E-state index in [1.807, 2.05) is 0 Å². The molecule has 0 amide bonds. The maximum Gasteiger partial charge on any atom is 0.416 e. The first-order chi connectivity index (χ1) is 10.7. The number of carbonyl (C=O) groups is 2. The summed E-state index contributed by atoms with van der Waals surface area (Å²) in [5.74, 6) is -0.974. The summed E-state index contributed by atoms with van der Waals surface area (Å²) in [5.41, 5.74) is 0.771. The monoisotopic (exact) mass is 319 g/mol. The molecule has 1 unspecified atom stereocenters. The average Bonchev–Trinajstić information content (AvgIpc) is 2.81. The molecule has 0 saturated heterocycles. The van der Waals surface area contributed by atoms with Crippen LogP contribution in [-0.4, -0.2) is 39.1 Å². The van der Waals surface area contributed by atoms with Crippen molar-refractivity contribution in [3.05, 3.63) is 41.1 Å². The number of methoxy groups -OCH3 is 1. The maximum absolute atomic E-state index is 11.6. The van der Waals surface area contributed by atoms with E-state index in [9.17, 15) is 24.9 Å². The quantitative estimate of drug-likeness (QED) is 0.591. The largest absolute Gasteiger partial charge is 0.507 e. The van der Waals surface area contributed by atoms with Gasteiger partial charge in [0.15, 0.2) is 0 Å². The first-order valence-corrected chi connectivity index (χ1v) is 6.74. The number of carbonyl (C=O) groups excluding carboxylic acids is 1. The Morgan fingerprint density at radius 1 is 1.30 bits per heavy atom. The van der Waals surface area contributed by atoms with Gasteiger partial charge in [0.25, 0.3) is 0 Å². The molecule has 0 fully saturated rings. The van der Waals surface area contributed by atoms with Gasteiger partial charge in [-0.1, -0.05) is 12.6 Å². The van der Waals surface area contributed by atoms with Crippen LogP contribution in [0.15, 0.2) is 24.3 Å². The van der Waals surface area contributed by atoms with E-state index in [1.165, 1.54) is 13.0 Å². The number of esters is 1. The molecule has 7 heteroatoms. The second kappa shape index (κ2) is 5.77. The predicted octanol–water partition coefficient (Wildman–Crippen LogP) is 2.25. The van der Waals surface area contributed by atoms with E-state index in [0.29, 0.717) is 5.56 Å². The number of benzene rings is 1. The number of aryl methyl sites for hydroxylation is 1. The maximum atomic E-state index is 11.6. The number of hydrogen-bond acceptors (Lipinski definition) is 5. The Hall–Kier alpha value is -2.80. The SMILES string of the molecule is C=C(C(=O)OC)C(O)c1c(C)n(C(=O)O)c2ccc(C)c(O)c12. The van der Waals surface area contributed by atoms with Crippen molar-refractivity contribution in [3.8, 4) is 5.75 Å². The molecular weight excluding hydrogens is 302 g/mol. The molecule has 0 radical (unpaired) electrons. The fraction of sp³-hybridized carbons (Fsp3) is 0.250. The Morgan fingerprint density at radius 2 is 1.91 bits per heavy atom. The summed E-state index contributed by atoms with van der Waals surface area (Å²) in [5, 5.41) is 30.4. The van der Waals surface area contributed by atoms with E-state index in [2.05, 4.69) is 11.3 Å². The molecule has 2 aromatic rings. The van der Waals surface area contributed by atoms with Gasteiger partial charge in [0, 0.05) is 16.6 Å². The number of ether oxygens (including phenoxy) is 1. The zero-order chi connectivity index (χ0) is 17.5. The number of aromatic hydroxyl groups is 1.